The Morgan fingerprint density at radius 3 is 2.60 bits per heavy atom. The Bertz CT molecular complexity index is 1800. The number of likely N-dealkylation sites (tertiary alicyclic amines) is 1. The van der Waals surface area contributed by atoms with Crippen molar-refractivity contribution in [2.24, 2.45) is 13.0 Å². The van der Waals surface area contributed by atoms with E-state index in [1.54, 1.807) is 43.3 Å². The van der Waals surface area contributed by atoms with Crippen molar-refractivity contribution in [2.45, 2.75) is 44.7 Å². The van der Waals surface area contributed by atoms with Crippen LogP contribution >= 0.6 is 0 Å². The van der Waals surface area contributed by atoms with Gasteiger partial charge in [0.1, 0.15) is 11.5 Å². The fourth-order valence-corrected chi connectivity index (χ4v) is 7.41. The van der Waals surface area contributed by atoms with Crippen LogP contribution in [0.4, 0.5) is 20.6 Å². The van der Waals surface area contributed by atoms with Crippen molar-refractivity contribution >= 4 is 40.2 Å². The monoisotopic (exact) mass is 659 g/mol. The predicted molar refractivity (Wildman–Crippen MR) is 180 cm³/mol. The highest BCUT2D eigenvalue weighted by Gasteiger charge is 2.42. The first kappa shape index (κ1) is 33.0. The van der Waals surface area contributed by atoms with Gasteiger partial charge in [0.15, 0.2) is 0 Å². The van der Waals surface area contributed by atoms with Gasteiger partial charge in [-0.05, 0) is 62.1 Å². The summed E-state index contributed by atoms with van der Waals surface area (Å²) < 4.78 is 24.2. The highest BCUT2D eigenvalue weighted by atomic mass is 19.1. The summed E-state index contributed by atoms with van der Waals surface area (Å²) in [6, 6.07) is 11.8. The first-order valence-electron chi connectivity index (χ1n) is 16.3. The standard InChI is InChI=1S/C35H42FN7O5/c1-22-26-8-4-9-28(36)32(26)43(15-6-16-48-3)31(22)23-7-5-14-41(18-23)34(45)27-19-42(20-29(27)39-35(46)47)25-12-10-24(11-13-25)38-33(44)30-17-37-21-40(30)2/h4,8-13,17,21,23,27,29,39H,5-7,14-16,18-20H2,1-3H3,(H,38,44)(H,46,47)/t23?,27-,29+/m0/s1. The zero-order chi connectivity index (χ0) is 33.9. The summed E-state index contributed by atoms with van der Waals surface area (Å²) in [5, 5.41) is 16.0. The summed E-state index contributed by atoms with van der Waals surface area (Å²) in [7, 11) is 3.40. The van der Waals surface area contributed by atoms with Gasteiger partial charge in [-0.15, -0.1) is 0 Å². The molecule has 0 saturated carbocycles. The number of para-hydroxylation sites is 1. The summed E-state index contributed by atoms with van der Waals surface area (Å²) in [6.07, 6.45) is 4.26. The number of anilines is 2. The molecule has 0 radical (unpaired) electrons. The molecule has 13 heteroatoms. The lowest BCUT2D eigenvalue weighted by Crippen LogP contribution is -2.49. The zero-order valence-electron chi connectivity index (χ0n) is 27.5. The number of rotatable bonds is 10. The van der Waals surface area contributed by atoms with Crippen LogP contribution < -0.4 is 15.5 Å². The van der Waals surface area contributed by atoms with Crippen molar-refractivity contribution in [2.75, 3.05) is 50.1 Å². The summed E-state index contributed by atoms with van der Waals surface area (Å²) in [5.74, 6) is -1.21. The number of imidazole rings is 1. The molecule has 3 N–H and O–H groups in total. The number of aryl methyl sites for hydroxylation is 3. The number of nitrogens with one attached hydrogen (secondary N) is 2. The second kappa shape index (κ2) is 14.1. The first-order chi connectivity index (χ1) is 23.2. The van der Waals surface area contributed by atoms with Gasteiger partial charge in [0.05, 0.1) is 30.0 Å². The molecule has 6 rings (SSSR count). The molecule has 4 heterocycles. The van der Waals surface area contributed by atoms with E-state index in [0.29, 0.717) is 56.2 Å². The Morgan fingerprint density at radius 2 is 1.90 bits per heavy atom. The molecule has 3 amide bonds. The van der Waals surface area contributed by atoms with Crippen LogP contribution in [-0.4, -0.2) is 88.0 Å². The SMILES string of the molecule is COCCCn1c(C2CCCN(C(=O)[C@H]3CN(c4ccc(NC(=O)c5cncn5C)cc4)C[C@H]3NC(=O)O)C2)c(C)c2cccc(F)c21. The summed E-state index contributed by atoms with van der Waals surface area (Å²) in [6.45, 7) is 4.91. The molecule has 2 aliphatic rings. The number of piperidine rings is 1. The van der Waals surface area contributed by atoms with Crippen molar-refractivity contribution in [3.05, 3.63) is 77.8 Å². The largest absolute Gasteiger partial charge is 0.465 e. The molecule has 0 bridgehead atoms. The van der Waals surface area contributed by atoms with E-state index in [9.17, 15) is 19.5 Å². The number of aromatic nitrogens is 3. The van der Waals surface area contributed by atoms with Crippen LogP contribution in [-0.2, 0) is 23.1 Å². The van der Waals surface area contributed by atoms with Gasteiger partial charge in [-0.25, -0.2) is 14.2 Å². The Kier molecular flexibility index (Phi) is 9.67. The molecule has 0 aliphatic carbocycles. The van der Waals surface area contributed by atoms with E-state index in [2.05, 4.69) is 20.2 Å². The highest BCUT2D eigenvalue weighted by Crippen LogP contribution is 2.37. The summed E-state index contributed by atoms with van der Waals surface area (Å²) >= 11 is 0. The number of hydrogen-bond acceptors (Lipinski definition) is 6. The van der Waals surface area contributed by atoms with Crippen molar-refractivity contribution in [3.63, 3.8) is 0 Å². The number of hydrogen-bond donors (Lipinski definition) is 3. The average molecular weight is 660 g/mol. The third-order valence-corrected chi connectivity index (χ3v) is 9.67. The Labute approximate surface area is 278 Å². The maximum absolute atomic E-state index is 15.2. The molecule has 3 atom stereocenters. The lowest BCUT2D eigenvalue weighted by Gasteiger charge is -2.36. The number of carbonyl (C=O) groups is 3. The van der Waals surface area contributed by atoms with Crippen LogP contribution in [0.25, 0.3) is 10.9 Å². The number of nitrogens with zero attached hydrogens (tertiary/aromatic N) is 5. The van der Waals surface area contributed by atoms with Crippen LogP contribution in [0.1, 0.15) is 46.9 Å². The molecule has 48 heavy (non-hydrogen) atoms. The first-order valence-corrected chi connectivity index (χ1v) is 16.3. The third kappa shape index (κ3) is 6.59. The summed E-state index contributed by atoms with van der Waals surface area (Å²) in [5.41, 5.74) is 4.51. The molecular weight excluding hydrogens is 617 g/mol. The lowest BCUT2D eigenvalue weighted by molar-refractivity contribution is -0.136. The van der Waals surface area contributed by atoms with Gasteiger partial charge >= 0.3 is 6.09 Å². The number of methoxy groups -OCH3 is 1. The second-order valence-corrected chi connectivity index (χ2v) is 12.7. The van der Waals surface area contributed by atoms with E-state index < -0.39 is 18.1 Å². The van der Waals surface area contributed by atoms with Gasteiger partial charge in [-0.3, -0.25) is 9.59 Å². The molecule has 2 aromatic carbocycles. The van der Waals surface area contributed by atoms with Crippen molar-refractivity contribution < 1.29 is 28.6 Å². The Balaban J connectivity index is 1.19. The van der Waals surface area contributed by atoms with E-state index in [1.807, 2.05) is 34.9 Å². The minimum Gasteiger partial charge on any atom is -0.465 e. The Hall–Kier alpha value is -4.91. The second-order valence-electron chi connectivity index (χ2n) is 12.7. The molecule has 2 fully saturated rings. The van der Waals surface area contributed by atoms with Gasteiger partial charge in [-0.2, -0.15) is 0 Å². The van der Waals surface area contributed by atoms with Gasteiger partial charge in [0, 0.05) is 81.9 Å². The minimum atomic E-state index is -1.18. The number of amides is 3. The Morgan fingerprint density at radius 1 is 1.10 bits per heavy atom. The quantitative estimate of drug-likeness (QED) is 0.212. The van der Waals surface area contributed by atoms with Crippen LogP contribution in [0.5, 0.6) is 0 Å². The average Bonchev–Trinajstić information content (AvgIpc) is 3.77. The van der Waals surface area contributed by atoms with E-state index in [1.165, 1.54) is 12.3 Å². The molecule has 1 unspecified atom stereocenters. The van der Waals surface area contributed by atoms with Crippen molar-refractivity contribution in [3.8, 4) is 0 Å². The van der Waals surface area contributed by atoms with Crippen molar-refractivity contribution in [1.29, 1.82) is 0 Å². The molecular formula is C35H42FN7O5. The third-order valence-electron chi connectivity index (χ3n) is 9.67. The molecule has 0 spiro atoms. The molecule has 2 aliphatic heterocycles. The van der Waals surface area contributed by atoms with Gasteiger partial charge < -0.3 is 39.4 Å². The number of halogens is 1. The maximum Gasteiger partial charge on any atom is 0.404 e. The number of carbonyl (C=O) groups excluding carboxylic acids is 2. The number of ether oxygens (including phenoxy) is 1. The normalized spacial score (nSPS) is 19.5. The molecule has 2 saturated heterocycles. The van der Waals surface area contributed by atoms with Gasteiger partial charge in [0.2, 0.25) is 5.91 Å². The topological polar surface area (TPSA) is 134 Å². The fourth-order valence-electron chi connectivity index (χ4n) is 7.41. The van der Waals surface area contributed by atoms with Crippen LogP contribution in [0, 0.1) is 18.7 Å². The molecule has 12 nitrogen and oxygen atoms in total. The van der Waals surface area contributed by atoms with Crippen LogP contribution in [0.15, 0.2) is 55.0 Å². The fraction of sp³-hybridized carbons (Fsp3) is 0.429. The lowest BCUT2D eigenvalue weighted by atomic mass is 9.90. The summed E-state index contributed by atoms with van der Waals surface area (Å²) in [4.78, 5) is 46.5. The van der Waals surface area contributed by atoms with E-state index in [0.717, 1.165) is 41.6 Å². The van der Waals surface area contributed by atoms with Crippen LogP contribution in [0.3, 0.4) is 0 Å². The van der Waals surface area contributed by atoms with Crippen molar-refractivity contribution in [1.82, 2.24) is 24.3 Å². The highest BCUT2D eigenvalue weighted by molar-refractivity contribution is 6.03. The number of fused-ring (bicyclic) bond motifs is 1. The molecule has 4 aromatic rings. The van der Waals surface area contributed by atoms with Crippen LogP contribution in [0.2, 0.25) is 0 Å². The smallest absolute Gasteiger partial charge is 0.404 e. The number of carboxylic acid groups (broad SMARTS) is 1. The molecule has 2 aromatic heterocycles. The predicted octanol–water partition coefficient (Wildman–Crippen LogP) is 4.59. The molecule has 254 valence electrons. The van der Waals surface area contributed by atoms with E-state index >= 15 is 4.39 Å². The van der Waals surface area contributed by atoms with Gasteiger partial charge in [-0.1, -0.05) is 12.1 Å². The minimum absolute atomic E-state index is 0.00883. The van der Waals surface area contributed by atoms with E-state index in [-0.39, 0.29) is 23.5 Å². The maximum atomic E-state index is 15.2. The van der Waals surface area contributed by atoms with E-state index in [4.69, 9.17) is 4.74 Å². The zero-order valence-corrected chi connectivity index (χ0v) is 27.5. The van der Waals surface area contributed by atoms with Gasteiger partial charge in [0.25, 0.3) is 5.91 Å². The number of benzene rings is 2.